The first kappa shape index (κ1) is 13.6. The zero-order valence-electron chi connectivity index (χ0n) is 8.99. The van der Waals surface area contributed by atoms with E-state index in [4.69, 9.17) is 0 Å². The zero-order chi connectivity index (χ0) is 11.0. The minimum Gasteiger partial charge on any atom is -0.313 e. The molecule has 0 bridgehead atoms. The van der Waals surface area contributed by atoms with Gasteiger partial charge in [0.1, 0.15) is 0 Å². The van der Waals surface area contributed by atoms with E-state index in [1.54, 1.807) is 6.08 Å². The fourth-order valence-electron chi connectivity index (χ4n) is 1.14. The third kappa shape index (κ3) is 6.12. The Labute approximate surface area is 87.0 Å². The second kappa shape index (κ2) is 6.98. The minimum atomic E-state index is -3.02. The average Bonchev–Trinajstić information content (AvgIpc) is 2.09. The van der Waals surface area contributed by atoms with Crippen LogP contribution in [0, 0.1) is 0 Å². The van der Waals surface area contributed by atoms with Crippen molar-refractivity contribution >= 4 is 10.0 Å². The monoisotopic (exact) mass is 220 g/mol. The molecular weight excluding hydrogens is 200 g/mol. The van der Waals surface area contributed by atoms with Crippen LogP contribution in [0.15, 0.2) is 12.7 Å². The van der Waals surface area contributed by atoms with Gasteiger partial charge in [-0.2, -0.15) is 0 Å². The SMILES string of the molecule is C=CCNCCCN(CC)S(C)(=O)=O. The number of nitrogens with one attached hydrogen (secondary N) is 1. The molecule has 5 heteroatoms. The average molecular weight is 220 g/mol. The summed E-state index contributed by atoms with van der Waals surface area (Å²) in [6, 6.07) is 0. The third-order valence-corrected chi connectivity index (χ3v) is 3.25. The molecule has 0 aliphatic heterocycles. The summed E-state index contributed by atoms with van der Waals surface area (Å²) >= 11 is 0. The Hall–Kier alpha value is -0.390. The molecule has 0 saturated carbocycles. The van der Waals surface area contributed by atoms with Gasteiger partial charge < -0.3 is 5.32 Å². The summed E-state index contributed by atoms with van der Waals surface area (Å²) in [7, 11) is -3.02. The first-order valence-corrected chi connectivity index (χ1v) is 6.64. The summed E-state index contributed by atoms with van der Waals surface area (Å²) in [4.78, 5) is 0. The predicted molar refractivity (Wildman–Crippen MR) is 59.8 cm³/mol. The van der Waals surface area contributed by atoms with Crippen molar-refractivity contribution < 1.29 is 8.42 Å². The van der Waals surface area contributed by atoms with Gasteiger partial charge in [0.2, 0.25) is 10.0 Å². The van der Waals surface area contributed by atoms with Gasteiger partial charge in [0.15, 0.2) is 0 Å². The van der Waals surface area contributed by atoms with Crippen LogP contribution in [0.1, 0.15) is 13.3 Å². The van der Waals surface area contributed by atoms with E-state index in [1.807, 2.05) is 6.92 Å². The van der Waals surface area contributed by atoms with Crippen LogP contribution in [-0.4, -0.2) is 45.2 Å². The smallest absolute Gasteiger partial charge is 0.211 e. The quantitative estimate of drug-likeness (QED) is 0.477. The normalized spacial score (nSPS) is 11.9. The summed E-state index contributed by atoms with van der Waals surface area (Å²) in [6.45, 7) is 8.14. The molecule has 84 valence electrons. The van der Waals surface area contributed by atoms with Gasteiger partial charge in [-0.1, -0.05) is 13.0 Å². The van der Waals surface area contributed by atoms with Crippen LogP contribution < -0.4 is 5.32 Å². The van der Waals surface area contributed by atoms with Crippen molar-refractivity contribution in [1.29, 1.82) is 0 Å². The number of hydrogen-bond acceptors (Lipinski definition) is 3. The van der Waals surface area contributed by atoms with E-state index >= 15 is 0 Å². The van der Waals surface area contributed by atoms with Crippen molar-refractivity contribution in [3.8, 4) is 0 Å². The maximum Gasteiger partial charge on any atom is 0.211 e. The standard InChI is InChI=1S/C9H20N2O2S/c1-4-7-10-8-6-9-11(5-2)14(3,12)13/h4,10H,1,5-9H2,2-3H3. The number of nitrogens with zero attached hydrogens (tertiary/aromatic N) is 1. The van der Waals surface area contributed by atoms with Gasteiger partial charge >= 0.3 is 0 Å². The van der Waals surface area contributed by atoms with Crippen LogP contribution in [0.2, 0.25) is 0 Å². The van der Waals surface area contributed by atoms with Gasteiger partial charge in [-0.15, -0.1) is 6.58 Å². The van der Waals surface area contributed by atoms with Gasteiger partial charge in [0, 0.05) is 19.6 Å². The Bertz CT molecular complexity index is 250. The molecule has 0 aromatic carbocycles. The van der Waals surface area contributed by atoms with Gasteiger partial charge in [-0.25, -0.2) is 12.7 Å². The molecular formula is C9H20N2O2S. The Morgan fingerprint density at radius 3 is 2.57 bits per heavy atom. The Morgan fingerprint density at radius 1 is 1.50 bits per heavy atom. The molecule has 0 unspecified atom stereocenters. The fraction of sp³-hybridized carbons (Fsp3) is 0.778. The lowest BCUT2D eigenvalue weighted by molar-refractivity contribution is 0.421. The first-order valence-electron chi connectivity index (χ1n) is 4.79. The van der Waals surface area contributed by atoms with Crippen molar-refractivity contribution in [2.45, 2.75) is 13.3 Å². The molecule has 0 saturated heterocycles. The molecule has 0 heterocycles. The van der Waals surface area contributed by atoms with Crippen molar-refractivity contribution in [3.05, 3.63) is 12.7 Å². The first-order chi connectivity index (χ1) is 6.52. The number of sulfonamides is 1. The van der Waals surface area contributed by atoms with Crippen LogP contribution in [0.5, 0.6) is 0 Å². The van der Waals surface area contributed by atoms with E-state index < -0.39 is 10.0 Å². The van der Waals surface area contributed by atoms with Crippen LogP contribution >= 0.6 is 0 Å². The Balaban J connectivity index is 3.70. The van der Waals surface area contributed by atoms with Gasteiger partial charge in [-0.3, -0.25) is 0 Å². The van der Waals surface area contributed by atoms with Crippen molar-refractivity contribution in [2.24, 2.45) is 0 Å². The van der Waals surface area contributed by atoms with Gasteiger partial charge in [0.05, 0.1) is 6.26 Å². The van der Waals surface area contributed by atoms with Crippen LogP contribution in [-0.2, 0) is 10.0 Å². The van der Waals surface area contributed by atoms with Gasteiger partial charge in [0.25, 0.3) is 0 Å². The molecule has 1 N–H and O–H groups in total. The molecule has 0 aliphatic rings. The number of rotatable bonds is 8. The van der Waals surface area contributed by atoms with Crippen LogP contribution in [0.3, 0.4) is 0 Å². The zero-order valence-corrected chi connectivity index (χ0v) is 9.81. The largest absolute Gasteiger partial charge is 0.313 e. The molecule has 0 atom stereocenters. The van der Waals surface area contributed by atoms with E-state index in [9.17, 15) is 8.42 Å². The van der Waals surface area contributed by atoms with E-state index in [2.05, 4.69) is 11.9 Å². The highest BCUT2D eigenvalue weighted by Gasteiger charge is 2.12. The summed E-state index contributed by atoms with van der Waals surface area (Å²) in [5, 5.41) is 3.13. The van der Waals surface area contributed by atoms with Crippen molar-refractivity contribution in [2.75, 3.05) is 32.4 Å². The van der Waals surface area contributed by atoms with E-state index in [0.717, 1.165) is 19.5 Å². The molecule has 0 aliphatic carbocycles. The van der Waals surface area contributed by atoms with Crippen molar-refractivity contribution in [1.82, 2.24) is 9.62 Å². The van der Waals surface area contributed by atoms with Crippen LogP contribution in [0.25, 0.3) is 0 Å². The second-order valence-electron chi connectivity index (χ2n) is 3.10. The molecule has 4 nitrogen and oxygen atoms in total. The topological polar surface area (TPSA) is 49.4 Å². The molecule has 0 spiro atoms. The molecule has 0 amide bonds. The molecule has 0 fully saturated rings. The predicted octanol–water partition coefficient (Wildman–Crippen LogP) is 0.434. The van der Waals surface area contributed by atoms with E-state index in [0.29, 0.717) is 13.1 Å². The van der Waals surface area contributed by atoms with Crippen LogP contribution in [0.4, 0.5) is 0 Å². The lowest BCUT2D eigenvalue weighted by Gasteiger charge is -2.17. The highest BCUT2D eigenvalue weighted by molar-refractivity contribution is 7.88. The molecule has 0 radical (unpaired) electrons. The highest BCUT2D eigenvalue weighted by atomic mass is 32.2. The summed E-state index contributed by atoms with van der Waals surface area (Å²) < 4.78 is 23.8. The molecule has 0 rings (SSSR count). The Morgan fingerprint density at radius 2 is 2.14 bits per heavy atom. The molecule has 0 aromatic heterocycles. The molecule has 0 aromatic rings. The fourth-order valence-corrected chi connectivity index (χ4v) is 2.07. The third-order valence-electron chi connectivity index (χ3n) is 1.87. The lowest BCUT2D eigenvalue weighted by Crippen LogP contribution is -2.32. The summed E-state index contributed by atoms with van der Waals surface area (Å²) in [6.07, 6.45) is 3.86. The maximum atomic E-state index is 11.2. The van der Waals surface area contributed by atoms with Gasteiger partial charge in [-0.05, 0) is 13.0 Å². The Kier molecular flexibility index (Phi) is 6.78. The lowest BCUT2D eigenvalue weighted by atomic mass is 10.4. The van der Waals surface area contributed by atoms with E-state index in [1.165, 1.54) is 10.6 Å². The summed E-state index contributed by atoms with van der Waals surface area (Å²) in [5.74, 6) is 0. The van der Waals surface area contributed by atoms with E-state index in [-0.39, 0.29) is 0 Å². The minimum absolute atomic E-state index is 0.542. The second-order valence-corrected chi connectivity index (χ2v) is 5.08. The molecule has 14 heavy (non-hydrogen) atoms. The summed E-state index contributed by atoms with van der Waals surface area (Å²) in [5.41, 5.74) is 0. The number of hydrogen-bond donors (Lipinski definition) is 1. The van der Waals surface area contributed by atoms with Crippen molar-refractivity contribution in [3.63, 3.8) is 0 Å². The highest BCUT2D eigenvalue weighted by Crippen LogP contribution is 1.97. The maximum absolute atomic E-state index is 11.2.